The van der Waals surface area contributed by atoms with Gasteiger partial charge in [0.25, 0.3) is 0 Å². The molecule has 0 aromatic carbocycles. The fourth-order valence-electron chi connectivity index (χ4n) is 3.32. The van der Waals surface area contributed by atoms with Gasteiger partial charge in [0.05, 0.1) is 5.37 Å². The second-order valence-electron chi connectivity index (χ2n) is 6.58. The van der Waals surface area contributed by atoms with Crippen LogP contribution in [0.1, 0.15) is 40.0 Å². The first-order chi connectivity index (χ1) is 9.91. The third-order valence-electron chi connectivity index (χ3n) is 4.68. The third-order valence-corrected chi connectivity index (χ3v) is 6.30. The van der Waals surface area contributed by atoms with Gasteiger partial charge in [-0.25, -0.2) is 9.59 Å². The molecule has 0 aromatic heterocycles. The number of carbonyl (C=O) groups excluding carboxylic acids is 1. The Morgan fingerprint density at radius 2 is 2.10 bits per heavy atom. The van der Waals surface area contributed by atoms with E-state index >= 15 is 0 Å². The van der Waals surface area contributed by atoms with Crippen LogP contribution in [0.3, 0.4) is 0 Å². The van der Waals surface area contributed by atoms with Gasteiger partial charge < -0.3 is 10.4 Å². The van der Waals surface area contributed by atoms with Crippen molar-refractivity contribution < 1.29 is 14.7 Å². The molecular weight excluding hydrogens is 288 g/mol. The Hall–Kier alpha value is -0.910. The fourth-order valence-corrected chi connectivity index (χ4v) is 4.79. The molecule has 1 aliphatic heterocycles. The van der Waals surface area contributed by atoms with E-state index in [-0.39, 0.29) is 17.3 Å². The van der Waals surface area contributed by atoms with E-state index < -0.39 is 12.0 Å². The maximum absolute atomic E-state index is 12.5. The quantitative estimate of drug-likeness (QED) is 0.837. The van der Waals surface area contributed by atoms with Gasteiger partial charge in [0.15, 0.2) is 0 Å². The lowest BCUT2D eigenvalue weighted by molar-refractivity contribution is -0.141. The van der Waals surface area contributed by atoms with Crippen molar-refractivity contribution in [1.29, 1.82) is 0 Å². The molecule has 1 aliphatic carbocycles. The van der Waals surface area contributed by atoms with E-state index in [4.69, 9.17) is 0 Å². The molecule has 2 N–H and O–H groups in total. The van der Waals surface area contributed by atoms with Crippen LogP contribution >= 0.6 is 11.8 Å². The molecule has 4 unspecified atom stereocenters. The van der Waals surface area contributed by atoms with E-state index in [0.29, 0.717) is 24.1 Å². The van der Waals surface area contributed by atoms with Crippen molar-refractivity contribution in [1.82, 2.24) is 10.2 Å². The molecule has 2 rings (SSSR count). The predicted molar refractivity (Wildman–Crippen MR) is 84.3 cm³/mol. The smallest absolute Gasteiger partial charge is 0.327 e. The van der Waals surface area contributed by atoms with Gasteiger partial charge in [0.1, 0.15) is 6.04 Å². The SMILES string of the molecule is CC(C)C1SCC(C(=O)O)N1C(=O)NCC1CCCC1C. The van der Waals surface area contributed by atoms with Gasteiger partial charge in [-0.15, -0.1) is 11.8 Å². The number of aliphatic carboxylic acids is 1. The molecule has 120 valence electrons. The zero-order valence-corrected chi connectivity index (χ0v) is 13.9. The lowest BCUT2D eigenvalue weighted by Gasteiger charge is -2.30. The number of thioether (sulfide) groups is 1. The molecule has 6 heteroatoms. The molecule has 4 atom stereocenters. The van der Waals surface area contributed by atoms with E-state index in [9.17, 15) is 14.7 Å². The summed E-state index contributed by atoms with van der Waals surface area (Å²) in [5.41, 5.74) is 0. The minimum atomic E-state index is -0.907. The zero-order chi connectivity index (χ0) is 15.6. The molecule has 0 spiro atoms. The highest BCUT2D eigenvalue weighted by Crippen LogP contribution is 2.34. The van der Waals surface area contributed by atoms with Crippen molar-refractivity contribution in [2.24, 2.45) is 17.8 Å². The van der Waals surface area contributed by atoms with Crippen LogP contribution in [0.25, 0.3) is 0 Å². The topological polar surface area (TPSA) is 69.6 Å². The summed E-state index contributed by atoms with van der Waals surface area (Å²) >= 11 is 1.57. The maximum atomic E-state index is 12.5. The van der Waals surface area contributed by atoms with Crippen LogP contribution in [0.4, 0.5) is 4.79 Å². The van der Waals surface area contributed by atoms with E-state index in [1.807, 2.05) is 13.8 Å². The summed E-state index contributed by atoms with van der Waals surface area (Å²) in [5.74, 6) is 0.996. The van der Waals surface area contributed by atoms with Gasteiger partial charge in [-0.3, -0.25) is 4.90 Å². The van der Waals surface area contributed by atoms with Crippen molar-refractivity contribution in [3.63, 3.8) is 0 Å². The number of urea groups is 1. The molecule has 2 amide bonds. The summed E-state index contributed by atoms with van der Waals surface area (Å²) in [6.07, 6.45) is 3.62. The molecule has 0 radical (unpaired) electrons. The second kappa shape index (κ2) is 6.90. The third kappa shape index (κ3) is 3.65. The summed E-state index contributed by atoms with van der Waals surface area (Å²) in [6, 6.07) is -0.923. The monoisotopic (exact) mass is 314 g/mol. The number of amides is 2. The molecule has 0 aromatic rings. The summed E-state index contributed by atoms with van der Waals surface area (Å²) < 4.78 is 0. The number of carbonyl (C=O) groups is 2. The highest BCUT2D eigenvalue weighted by molar-refractivity contribution is 8.00. The van der Waals surface area contributed by atoms with Gasteiger partial charge >= 0.3 is 12.0 Å². The maximum Gasteiger partial charge on any atom is 0.327 e. The van der Waals surface area contributed by atoms with Gasteiger partial charge in [0, 0.05) is 12.3 Å². The van der Waals surface area contributed by atoms with Crippen LogP contribution in [-0.2, 0) is 4.79 Å². The second-order valence-corrected chi connectivity index (χ2v) is 7.73. The lowest BCUT2D eigenvalue weighted by Crippen LogP contribution is -2.52. The van der Waals surface area contributed by atoms with Gasteiger partial charge in [-0.2, -0.15) is 0 Å². The van der Waals surface area contributed by atoms with E-state index in [2.05, 4.69) is 12.2 Å². The Morgan fingerprint density at radius 3 is 2.62 bits per heavy atom. The molecule has 21 heavy (non-hydrogen) atoms. The summed E-state index contributed by atoms with van der Waals surface area (Å²) in [4.78, 5) is 25.4. The molecular formula is C15H26N2O3S. The minimum absolute atomic E-state index is 0.0490. The fraction of sp³-hybridized carbons (Fsp3) is 0.867. The highest BCUT2D eigenvalue weighted by Gasteiger charge is 2.43. The minimum Gasteiger partial charge on any atom is -0.480 e. The normalized spacial score (nSPS) is 32.7. The predicted octanol–water partition coefficient (Wildman–Crippen LogP) is 2.62. The Kier molecular flexibility index (Phi) is 5.41. The summed E-state index contributed by atoms with van der Waals surface area (Å²) in [7, 11) is 0. The van der Waals surface area contributed by atoms with Crippen molar-refractivity contribution in [2.75, 3.05) is 12.3 Å². The molecule has 2 aliphatic rings. The Morgan fingerprint density at radius 1 is 1.38 bits per heavy atom. The summed E-state index contributed by atoms with van der Waals surface area (Å²) in [6.45, 7) is 6.95. The van der Waals surface area contributed by atoms with E-state index in [1.54, 1.807) is 11.8 Å². The van der Waals surface area contributed by atoms with Crippen LogP contribution < -0.4 is 5.32 Å². The van der Waals surface area contributed by atoms with Gasteiger partial charge in [-0.05, 0) is 24.2 Å². The number of nitrogens with one attached hydrogen (secondary N) is 1. The molecule has 1 heterocycles. The van der Waals surface area contributed by atoms with Crippen molar-refractivity contribution in [2.45, 2.75) is 51.4 Å². The molecule has 1 saturated carbocycles. The first-order valence-corrected chi connectivity index (χ1v) is 8.87. The van der Waals surface area contributed by atoms with Gasteiger partial charge in [0.2, 0.25) is 0 Å². The van der Waals surface area contributed by atoms with Crippen LogP contribution in [0.5, 0.6) is 0 Å². The number of carboxylic acids is 1. The Bertz CT molecular complexity index is 402. The number of hydrogen-bond donors (Lipinski definition) is 2. The van der Waals surface area contributed by atoms with Gasteiger partial charge in [-0.1, -0.05) is 33.6 Å². The van der Waals surface area contributed by atoms with Crippen LogP contribution in [0.2, 0.25) is 0 Å². The van der Waals surface area contributed by atoms with Crippen molar-refractivity contribution in [3.8, 4) is 0 Å². The Balaban J connectivity index is 1.98. The largest absolute Gasteiger partial charge is 0.480 e. The molecule has 0 bridgehead atoms. The molecule has 2 fully saturated rings. The Labute approximate surface area is 130 Å². The van der Waals surface area contributed by atoms with Crippen LogP contribution in [0, 0.1) is 17.8 Å². The number of carboxylic acid groups (broad SMARTS) is 1. The zero-order valence-electron chi connectivity index (χ0n) is 13.0. The first kappa shape index (κ1) is 16.5. The first-order valence-electron chi connectivity index (χ1n) is 7.82. The molecule has 5 nitrogen and oxygen atoms in total. The van der Waals surface area contributed by atoms with E-state index in [0.717, 1.165) is 6.42 Å². The summed E-state index contributed by atoms with van der Waals surface area (Å²) in [5, 5.41) is 12.2. The molecule has 1 saturated heterocycles. The standard InChI is InChI=1S/C15H26N2O3S/c1-9(2)13-17(12(8-21-13)14(18)19)15(20)16-7-11-6-4-5-10(11)3/h9-13H,4-8H2,1-3H3,(H,16,20)(H,18,19). The number of rotatable bonds is 4. The van der Waals surface area contributed by atoms with Crippen molar-refractivity contribution in [3.05, 3.63) is 0 Å². The van der Waals surface area contributed by atoms with Crippen LogP contribution in [0.15, 0.2) is 0 Å². The van der Waals surface area contributed by atoms with Crippen LogP contribution in [-0.4, -0.2) is 45.7 Å². The average Bonchev–Trinajstić information content (AvgIpc) is 3.02. The number of hydrogen-bond acceptors (Lipinski definition) is 3. The van der Waals surface area contributed by atoms with Crippen molar-refractivity contribution >= 4 is 23.8 Å². The average molecular weight is 314 g/mol. The highest BCUT2D eigenvalue weighted by atomic mass is 32.2. The lowest BCUT2D eigenvalue weighted by atomic mass is 9.98. The van der Waals surface area contributed by atoms with E-state index in [1.165, 1.54) is 17.7 Å². The number of nitrogens with zero attached hydrogens (tertiary/aromatic N) is 1.